The highest BCUT2D eigenvalue weighted by molar-refractivity contribution is 9.11. The summed E-state index contributed by atoms with van der Waals surface area (Å²) in [6.45, 7) is 7.98. The van der Waals surface area contributed by atoms with E-state index in [0.717, 1.165) is 14.5 Å². The summed E-state index contributed by atoms with van der Waals surface area (Å²) in [5.74, 6) is 0.259. The number of nitrogens with two attached hydrogens (primary N) is 1. The summed E-state index contributed by atoms with van der Waals surface area (Å²) in [6, 6.07) is 4.05. The van der Waals surface area contributed by atoms with Crippen molar-refractivity contribution in [3.05, 3.63) is 26.6 Å². The van der Waals surface area contributed by atoms with Crippen molar-refractivity contribution in [3.8, 4) is 0 Å². The smallest absolute Gasteiger partial charge is 0.152 e. The van der Waals surface area contributed by atoms with E-state index in [-0.39, 0.29) is 23.8 Å². The van der Waals surface area contributed by atoms with Crippen molar-refractivity contribution >= 4 is 43.3 Å². The van der Waals surface area contributed by atoms with Gasteiger partial charge < -0.3 is 11.1 Å². The third-order valence-electron chi connectivity index (χ3n) is 3.03. The van der Waals surface area contributed by atoms with Gasteiger partial charge in [0, 0.05) is 20.9 Å². The first-order valence-electron chi connectivity index (χ1n) is 6.75. The molecule has 0 spiro atoms. The fourth-order valence-corrected chi connectivity index (χ4v) is 3.32. The first-order chi connectivity index (χ1) is 9.22. The van der Waals surface area contributed by atoms with Crippen LogP contribution in [0.1, 0.15) is 33.3 Å². The van der Waals surface area contributed by atoms with E-state index in [1.165, 1.54) is 0 Å². The second-order valence-electron chi connectivity index (χ2n) is 5.61. The van der Waals surface area contributed by atoms with Gasteiger partial charge in [-0.3, -0.25) is 4.79 Å². The molecule has 1 aromatic carbocycles. The monoisotopic (exact) mass is 404 g/mol. The maximum atomic E-state index is 12.3. The molecule has 112 valence electrons. The van der Waals surface area contributed by atoms with Crippen LogP contribution >= 0.6 is 31.9 Å². The Labute approximate surface area is 138 Å². The number of carbonyl (C=O) groups is 1. The summed E-state index contributed by atoms with van der Waals surface area (Å²) in [5.41, 5.74) is 7.65. The molecular formula is C15H22Br2N2O. The lowest BCUT2D eigenvalue weighted by Crippen LogP contribution is -2.44. The topological polar surface area (TPSA) is 55.1 Å². The highest BCUT2D eigenvalue weighted by Gasteiger charge is 2.22. The quantitative estimate of drug-likeness (QED) is 0.705. The molecule has 0 unspecified atom stereocenters. The summed E-state index contributed by atoms with van der Waals surface area (Å²) in [7, 11) is 0. The average Bonchev–Trinajstić information content (AvgIpc) is 2.33. The van der Waals surface area contributed by atoms with Gasteiger partial charge in [-0.1, -0.05) is 27.7 Å². The van der Waals surface area contributed by atoms with Crippen molar-refractivity contribution in [2.24, 2.45) is 5.92 Å². The standard InChI is InChI=1S/C15H22Br2N2O/c1-8(2)15(20)13(19-9(3)4)7-10-5-11(16)14(18)12(17)6-10/h5-6,8-9,13,19H,7,18H2,1-4H3/t13-/m1/s1. The van der Waals surface area contributed by atoms with Crippen LogP contribution in [-0.2, 0) is 11.2 Å². The first-order valence-corrected chi connectivity index (χ1v) is 8.34. The van der Waals surface area contributed by atoms with Crippen LogP contribution in [0.2, 0.25) is 0 Å². The molecule has 20 heavy (non-hydrogen) atoms. The molecule has 0 aliphatic heterocycles. The van der Waals surface area contributed by atoms with Gasteiger partial charge in [0.25, 0.3) is 0 Å². The van der Waals surface area contributed by atoms with Crippen LogP contribution in [0, 0.1) is 5.92 Å². The molecule has 0 radical (unpaired) electrons. The summed E-state index contributed by atoms with van der Waals surface area (Å²) in [4.78, 5) is 12.3. The normalized spacial score (nSPS) is 13.0. The zero-order valence-corrected chi connectivity index (χ0v) is 15.5. The molecule has 0 aliphatic carbocycles. The molecule has 0 aromatic heterocycles. The van der Waals surface area contributed by atoms with Gasteiger partial charge in [0.05, 0.1) is 11.7 Å². The molecule has 1 atom stereocenters. The summed E-state index contributed by atoms with van der Waals surface area (Å²) < 4.78 is 1.70. The van der Waals surface area contributed by atoms with Crippen molar-refractivity contribution in [1.82, 2.24) is 5.32 Å². The number of hydrogen-bond donors (Lipinski definition) is 2. The van der Waals surface area contributed by atoms with E-state index in [2.05, 4.69) is 51.0 Å². The van der Waals surface area contributed by atoms with Crippen LogP contribution in [0.15, 0.2) is 21.1 Å². The van der Waals surface area contributed by atoms with Crippen LogP contribution < -0.4 is 11.1 Å². The Bertz CT molecular complexity index is 464. The van der Waals surface area contributed by atoms with Crippen molar-refractivity contribution in [2.75, 3.05) is 5.73 Å². The highest BCUT2D eigenvalue weighted by Crippen LogP contribution is 2.30. The van der Waals surface area contributed by atoms with Crippen molar-refractivity contribution in [2.45, 2.75) is 46.2 Å². The minimum Gasteiger partial charge on any atom is -0.397 e. The molecule has 0 saturated carbocycles. The maximum absolute atomic E-state index is 12.3. The van der Waals surface area contributed by atoms with Crippen molar-refractivity contribution in [3.63, 3.8) is 0 Å². The molecule has 1 aromatic rings. The van der Waals surface area contributed by atoms with E-state index >= 15 is 0 Å². The number of Topliss-reactive ketones (excluding diaryl/α,β-unsaturated/α-hetero) is 1. The van der Waals surface area contributed by atoms with Gasteiger partial charge >= 0.3 is 0 Å². The first kappa shape index (κ1) is 17.7. The summed E-state index contributed by atoms with van der Waals surface area (Å²) in [5, 5.41) is 3.35. The Hall–Kier alpha value is -0.390. The van der Waals surface area contributed by atoms with Gasteiger partial charge in [0.2, 0.25) is 0 Å². The zero-order chi connectivity index (χ0) is 15.4. The van der Waals surface area contributed by atoms with E-state index in [1.807, 2.05) is 26.0 Å². The maximum Gasteiger partial charge on any atom is 0.152 e. The molecule has 0 heterocycles. The molecule has 1 rings (SSSR count). The molecule has 0 saturated heterocycles. The molecular weight excluding hydrogens is 384 g/mol. The molecule has 0 fully saturated rings. The number of nitrogens with one attached hydrogen (secondary N) is 1. The average molecular weight is 406 g/mol. The highest BCUT2D eigenvalue weighted by atomic mass is 79.9. The Balaban J connectivity index is 2.97. The predicted molar refractivity (Wildman–Crippen MR) is 91.9 cm³/mol. The number of ketones is 1. The van der Waals surface area contributed by atoms with E-state index < -0.39 is 0 Å². The van der Waals surface area contributed by atoms with Gasteiger partial charge in [-0.05, 0) is 56.0 Å². The molecule has 3 nitrogen and oxygen atoms in total. The molecule has 0 bridgehead atoms. The number of halogens is 2. The number of rotatable bonds is 6. The van der Waals surface area contributed by atoms with Crippen molar-refractivity contribution in [1.29, 1.82) is 0 Å². The van der Waals surface area contributed by atoms with E-state index in [9.17, 15) is 4.79 Å². The molecule has 3 N–H and O–H groups in total. The lowest BCUT2D eigenvalue weighted by Gasteiger charge is -2.22. The van der Waals surface area contributed by atoms with Crippen LogP contribution in [0.25, 0.3) is 0 Å². The third kappa shape index (κ3) is 4.86. The van der Waals surface area contributed by atoms with Crippen LogP contribution in [-0.4, -0.2) is 17.9 Å². The Morgan fingerprint density at radius 2 is 1.70 bits per heavy atom. The Morgan fingerprint density at radius 3 is 2.10 bits per heavy atom. The minimum absolute atomic E-state index is 0.0203. The lowest BCUT2D eigenvalue weighted by atomic mass is 9.95. The SMILES string of the molecule is CC(C)N[C@H](Cc1cc(Br)c(N)c(Br)c1)C(=O)C(C)C. The van der Waals surface area contributed by atoms with Crippen LogP contribution in [0.5, 0.6) is 0 Å². The van der Waals surface area contributed by atoms with E-state index in [1.54, 1.807) is 0 Å². The fourth-order valence-electron chi connectivity index (χ4n) is 2.04. The number of nitrogen functional groups attached to an aromatic ring is 1. The largest absolute Gasteiger partial charge is 0.397 e. The van der Waals surface area contributed by atoms with Gasteiger partial charge in [-0.15, -0.1) is 0 Å². The minimum atomic E-state index is -0.169. The van der Waals surface area contributed by atoms with E-state index in [4.69, 9.17) is 5.73 Å². The molecule has 0 aliphatic rings. The summed E-state index contributed by atoms with van der Waals surface area (Å²) >= 11 is 6.89. The summed E-state index contributed by atoms with van der Waals surface area (Å²) in [6.07, 6.45) is 0.659. The Kier molecular flexibility index (Phi) is 6.69. The van der Waals surface area contributed by atoms with Gasteiger partial charge in [0.1, 0.15) is 0 Å². The number of anilines is 1. The van der Waals surface area contributed by atoms with Crippen LogP contribution in [0.4, 0.5) is 5.69 Å². The second kappa shape index (κ2) is 7.57. The van der Waals surface area contributed by atoms with Gasteiger partial charge in [-0.25, -0.2) is 0 Å². The Morgan fingerprint density at radius 1 is 1.20 bits per heavy atom. The predicted octanol–water partition coefficient (Wildman–Crippen LogP) is 3.93. The fraction of sp³-hybridized carbons (Fsp3) is 0.533. The molecule has 0 amide bonds. The van der Waals surface area contributed by atoms with Gasteiger partial charge in [0.15, 0.2) is 5.78 Å². The third-order valence-corrected chi connectivity index (χ3v) is 4.34. The second-order valence-corrected chi connectivity index (χ2v) is 7.32. The zero-order valence-electron chi connectivity index (χ0n) is 12.3. The molecule has 5 heteroatoms. The van der Waals surface area contributed by atoms with Crippen molar-refractivity contribution < 1.29 is 4.79 Å². The van der Waals surface area contributed by atoms with Crippen LogP contribution in [0.3, 0.4) is 0 Å². The van der Waals surface area contributed by atoms with E-state index in [0.29, 0.717) is 12.1 Å². The lowest BCUT2D eigenvalue weighted by molar-refractivity contribution is -0.124. The number of carbonyl (C=O) groups excluding carboxylic acids is 1. The van der Waals surface area contributed by atoms with Gasteiger partial charge in [-0.2, -0.15) is 0 Å². The number of benzene rings is 1. The number of hydrogen-bond acceptors (Lipinski definition) is 3.